The van der Waals surface area contributed by atoms with Crippen molar-refractivity contribution < 1.29 is 19.0 Å². The van der Waals surface area contributed by atoms with Gasteiger partial charge in [-0.2, -0.15) is 5.26 Å². The molecule has 186 valence electrons. The number of anilines is 1. The van der Waals surface area contributed by atoms with Gasteiger partial charge in [-0.3, -0.25) is 4.79 Å². The molecule has 0 spiro atoms. The van der Waals surface area contributed by atoms with E-state index in [9.17, 15) is 10.1 Å². The molecular formula is C28H26Cl2N2O4. The predicted molar refractivity (Wildman–Crippen MR) is 143 cm³/mol. The second kappa shape index (κ2) is 12.9. The van der Waals surface area contributed by atoms with Crippen LogP contribution in [-0.4, -0.2) is 18.6 Å². The summed E-state index contributed by atoms with van der Waals surface area (Å²) in [6.07, 6.45) is 1.35. The quantitative estimate of drug-likeness (QED) is 0.222. The molecule has 0 atom stereocenters. The van der Waals surface area contributed by atoms with E-state index in [1.165, 1.54) is 6.08 Å². The fraction of sp³-hybridized carbons (Fsp3) is 0.214. The van der Waals surface area contributed by atoms with Gasteiger partial charge >= 0.3 is 0 Å². The molecule has 0 saturated heterocycles. The largest absolute Gasteiger partial charge is 0.490 e. The van der Waals surface area contributed by atoms with Crippen molar-refractivity contribution >= 4 is 40.9 Å². The van der Waals surface area contributed by atoms with Crippen LogP contribution >= 0.6 is 23.2 Å². The number of rotatable bonds is 10. The molecule has 0 saturated carbocycles. The van der Waals surface area contributed by atoms with Crippen LogP contribution in [0.2, 0.25) is 10.0 Å². The van der Waals surface area contributed by atoms with Gasteiger partial charge in [0.2, 0.25) is 0 Å². The number of nitriles is 1. The highest BCUT2D eigenvalue weighted by atomic mass is 35.5. The van der Waals surface area contributed by atoms with Gasteiger partial charge in [0.1, 0.15) is 24.0 Å². The zero-order valence-electron chi connectivity index (χ0n) is 20.2. The summed E-state index contributed by atoms with van der Waals surface area (Å²) in [4.78, 5) is 12.7. The predicted octanol–water partition coefficient (Wildman–Crippen LogP) is 7.30. The molecule has 0 aliphatic heterocycles. The molecular weight excluding hydrogens is 499 g/mol. The average Bonchev–Trinajstić information content (AvgIpc) is 2.85. The van der Waals surface area contributed by atoms with Gasteiger partial charge in [-0.05, 0) is 86.5 Å². The molecule has 6 nitrogen and oxygen atoms in total. The van der Waals surface area contributed by atoms with E-state index < -0.39 is 5.91 Å². The van der Waals surface area contributed by atoms with Gasteiger partial charge in [-0.25, -0.2) is 0 Å². The Labute approximate surface area is 221 Å². The lowest BCUT2D eigenvalue weighted by Crippen LogP contribution is -2.13. The molecule has 1 amide bonds. The molecule has 8 heteroatoms. The van der Waals surface area contributed by atoms with E-state index in [1.807, 2.05) is 39.0 Å². The van der Waals surface area contributed by atoms with Gasteiger partial charge in [-0.1, -0.05) is 35.3 Å². The van der Waals surface area contributed by atoms with Crippen molar-refractivity contribution in [3.05, 3.63) is 87.4 Å². The van der Waals surface area contributed by atoms with E-state index >= 15 is 0 Å². The van der Waals surface area contributed by atoms with Gasteiger partial charge in [0.05, 0.1) is 17.7 Å². The van der Waals surface area contributed by atoms with Gasteiger partial charge in [0.15, 0.2) is 11.5 Å². The molecule has 1 N–H and O–H groups in total. The molecule has 0 heterocycles. The number of nitrogens with zero attached hydrogens (tertiary/aromatic N) is 1. The number of halogens is 2. The molecule has 36 heavy (non-hydrogen) atoms. The molecule has 0 unspecified atom stereocenters. The maximum Gasteiger partial charge on any atom is 0.266 e. The third-order valence-electron chi connectivity index (χ3n) is 4.79. The van der Waals surface area contributed by atoms with Crippen molar-refractivity contribution in [1.29, 1.82) is 5.26 Å². The molecule has 3 rings (SSSR count). The smallest absolute Gasteiger partial charge is 0.266 e. The van der Waals surface area contributed by atoms with Crippen LogP contribution in [-0.2, 0) is 11.4 Å². The number of ether oxygens (including phenoxy) is 3. The van der Waals surface area contributed by atoms with E-state index in [1.54, 1.807) is 48.5 Å². The first-order valence-corrected chi connectivity index (χ1v) is 12.1. The van der Waals surface area contributed by atoms with Crippen molar-refractivity contribution in [1.82, 2.24) is 0 Å². The lowest BCUT2D eigenvalue weighted by atomic mass is 10.1. The van der Waals surface area contributed by atoms with Gasteiger partial charge < -0.3 is 19.5 Å². The van der Waals surface area contributed by atoms with Crippen LogP contribution in [0.5, 0.6) is 17.2 Å². The van der Waals surface area contributed by atoms with E-state index in [4.69, 9.17) is 37.4 Å². The van der Waals surface area contributed by atoms with Crippen molar-refractivity contribution in [2.24, 2.45) is 0 Å². The Morgan fingerprint density at radius 1 is 1.06 bits per heavy atom. The topological polar surface area (TPSA) is 80.6 Å². The molecule has 0 aliphatic rings. The number of hydrogen-bond acceptors (Lipinski definition) is 5. The van der Waals surface area contributed by atoms with Crippen molar-refractivity contribution in [3.8, 4) is 23.3 Å². The summed E-state index contributed by atoms with van der Waals surface area (Å²) >= 11 is 12.3. The number of carbonyl (C=O) groups is 1. The minimum atomic E-state index is -0.552. The summed E-state index contributed by atoms with van der Waals surface area (Å²) in [6.45, 7) is 6.41. The van der Waals surface area contributed by atoms with Gasteiger partial charge in [0, 0.05) is 10.7 Å². The molecule has 0 fully saturated rings. The van der Waals surface area contributed by atoms with Crippen LogP contribution < -0.4 is 19.5 Å². The van der Waals surface area contributed by atoms with Crippen LogP contribution in [0.25, 0.3) is 6.08 Å². The highest BCUT2D eigenvalue weighted by molar-refractivity contribution is 6.32. The van der Waals surface area contributed by atoms with Crippen LogP contribution in [0.15, 0.2) is 66.2 Å². The summed E-state index contributed by atoms with van der Waals surface area (Å²) in [5.74, 6) is 0.952. The SMILES string of the molecule is CCOc1cc(/C=C(\C#N)C(=O)Nc2ccc(OCc3ccc(Cl)cc3)cc2)cc(Cl)c1OC(C)C. The Morgan fingerprint density at radius 3 is 2.36 bits per heavy atom. The lowest BCUT2D eigenvalue weighted by Gasteiger charge is -2.16. The highest BCUT2D eigenvalue weighted by Crippen LogP contribution is 2.38. The van der Waals surface area contributed by atoms with Crippen LogP contribution in [0, 0.1) is 11.3 Å². The first-order valence-electron chi connectivity index (χ1n) is 11.3. The summed E-state index contributed by atoms with van der Waals surface area (Å²) in [5, 5.41) is 13.3. The fourth-order valence-corrected chi connectivity index (χ4v) is 3.57. The maximum absolute atomic E-state index is 12.7. The van der Waals surface area contributed by atoms with Gasteiger partial charge in [-0.15, -0.1) is 0 Å². The number of benzene rings is 3. The van der Waals surface area contributed by atoms with Crippen molar-refractivity contribution in [2.75, 3.05) is 11.9 Å². The summed E-state index contributed by atoms with van der Waals surface area (Å²) < 4.78 is 17.2. The van der Waals surface area contributed by atoms with E-state index in [0.717, 1.165) is 5.56 Å². The number of carbonyl (C=O) groups excluding carboxylic acids is 1. The van der Waals surface area contributed by atoms with E-state index in [-0.39, 0.29) is 11.7 Å². The third kappa shape index (κ3) is 7.67. The van der Waals surface area contributed by atoms with Crippen LogP contribution in [0.4, 0.5) is 5.69 Å². The second-order valence-corrected chi connectivity index (χ2v) is 8.84. The van der Waals surface area contributed by atoms with Crippen molar-refractivity contribution in [3.63, 3.8) is 0 Å². The summed E-state index contributed by atoms with van der Waals surface area (Å²) in [5.41, 5.74) is 1.96. The Bertz CT molecular complexity index is 1260. The Morgan fingerprint density at radius 2 is 1.75 bits per heavy atom. The molecule has 3 aromatic rings. The number of nitrogens with one attached hydrogen (secondary N) is 1. The summed E-state index contributed by atoms with van der Waals surface area (Å²) in [7, 11) is 0. The first-order chi connectivity index (χ1) is 17.3. The molecule has 3 aromatic carbocycles. The molecule has 0 aromatic heterocycles. The maximum atomic E-state index is 12.7. The summed E-state index contributed by atoms with van der Waals surface area (Å²) in [6, 6.07) is 19.5. The highest BCUT2D eigenvalue weighted by Gasteiger charge is 2.15. The van der Waals surface area contributed by atoms with E-state index in [2.05, 4.69) is 5.32 Å². The number of hydrogen-bond donors (Lipinski definition) is 1. The normalized spacial score (nSPS) is 11.1. The van der Waals surface area contributed by atoms with Crippen LogP contribution in [0.1, 0.15) is 31.9 Å². The fourth-order valence-electron chi connectivity index (χ4n) is 3.18. The zero-order valence-corrected chi connectivity index (χ0v) is 21.7. The third-order valence-corrected chi connectivity index (χ3v) is 5.33. The minimum absolute atomic E-state index is 0.0888. The zero-order chi connectivity index (χ0) is 26.1. The minimum Gasteiger partial charge on any atom is -0.490 e. The first kappa shape index (κ1) is 26.9. The van der Waals surface area contributed by atoms with Crippen molar-refractivity contribution in [2.45, 2.75) is 33.5 Å². The average molecular weight is 525 g/mol. The lowest BCUT2D eigenvalue weighted by molar-refractivity contribution is -0.112. The van der Waals surface area contributed by atoms with Gasteiger partial charge in [0.25, 0.3) is 5.91 Å². The number of amides is 1. The standard InChI is InChI=1S/C28H26Cl2N2O4/c1-4-34-26-15-20(14-25(30)27(26)36-18(2)3)13-21(16-31)28(33)32-23-9-11-24(12-10-23)35-17-19-5-7-22(29)8-6-19/h5-15,18H,4,17H2,1-3H3,(H,32,33)/b21-13+. The Balaban J connectivity index is 1.70. The molecule has 0 aliphatic carbocycles. The van der Waals surface area contributed by atoms with E-state index in [0.29, 0.717) is 51.8 Å². The molecule has 0 bridgehead atoms. The monoisotopic (exact) mass is 524 g/mol. The second-order valence-electron chi connectivity index (χ2n) is 7.99. The molecule has 0 radical (unpaired) electrons. The Hall–Kier alpha value is -3.66. The Kier molecular flexibility index (Phi) is 9.63. The van der Waals surface area contributed by atoms with Crippen LogP contribution in [0.3, 0.4) is 0 Å².